The predicted molar refractivity (Wildman–Crippen MR) is 63.1 cm³/mol. The Labute approximate surface area is 99.1 Å². The van der Waals surface area contributed by atoms with Crippen LogP contribution in [-0.4, -0.2) is 14.8 Å². The maximum atomic E-state index is 6.08. The van der Waals surface area contributed by atoms with E-state index < -0.39 is 0 Å². The molecule has 0 spiro atoms. The van der Waals surface area contributed by atoms with E-state index in [0.29, 0.717) is 11.4 Å². The molecule has 0 aromatic carbocycles. The zero-order valence-corrected chi connectivity index (χ0v) is 9.72. The third-order valence-corrected chi connectivity index (χ3v) is 2.72. The highest BCUT2D eigenvalue weighted by Gasteiger charge is 2.11. The number of aromatic nitrogens is 3. The minimum atomic E-state index is -0.148. The van der Waals surface area contributed by atoms with Crippen LogP contribution in [0.5, 0.6) is 0 Å². The quantitative estimate of drug-likeness (QED) is 0.883. The van der Waals surface area contributed by atoms with E-state index in [2.05, 4.69) is 10.1 Å². The standard InChI is InChI=1S/C11H13ClN4/c1-16-5-3-8(15-16)6-11(13)9-2-4-14-7-10(9)12/h2-5,7,11H,6,13H2,1H3. The largest absolute Gasteiger partial charge is 0.324 e. The van der Waals surface area contributed by atoms with Gasteiger partial charge in [0.15, 0.2) is 0 Å². The lowest BCUT2D eigenvalue weighted by atomic mass is 10.0. The van der Waals surface area contributed by atoms with E-state index in [0.717, 1.165) is 11.3 Å². The van der Waals surface area contributed by atoms with Gasteiger partial charge in [0.2, 0.25) is 0 Å². The second-order valence-electron chi connectivity index (χ2n) is 3.69. The summed E-state index contributed by atoms with van der Waals surface area (Å²) in [5.41, 5.74) is 7.94. The number of hydrogen-bond acceptors (Lipinski definition) is 3. The van der Waals surface area contributed by atoms with E-state index >= 15 is 0 Å². The van der Waals surface area contributed by atoms with Gasteiger partial charge in [0.1, 0.15) is 0 Å². The Morgan fingerprint density at radius 3 is 2.94 bits per heavy atom. The van der Waals surface area contributed by atoms with E-state index in [1.165, 1.54) is 0 Å². The van der Waals surface area contributed by atoms with Crippen LogP contribution in [0.4, 0.5) is 0 Å². The van der Waals surface area contributed by atoms with E-state index in [9.17, 15) is 0 Å². The summed E-state index contributed by atoms with van der Waals surface area (Å²) < 4.78 is 1.76. The number of rotatable bonds is 3. The number of halogens is 1. The summed E-state index contributed by atoms with van der Waals surface area (Å²) in [5.74, 6) is 0. The van der Waals surface area contributed by atoms with Gasteiger partial charge in [-0.1, -0.05) is 11.6 Å². The maximum Gasteiger partial charge on any atom is 0.0643 e. The molecule has 2 N–H and O–H groups in total. The minimum Gasteiger partial charge on any atom is -0.324 e. The van der Waals surface area contributed by atoms with Crippen LogP contribution in [0.1, 0.15) is 17.3 Å². The molecule has 2 heterocycles. The first-order chi connectivity index (χ1) is 7.66. The van der Waals surface area contributed by atoms with E-state index in [1.54, 1.807) is 17.1 Å². The smallest absolute Gasteiger partial charge is 0.0643 e. The van der Waals surface area contributed by atoms with Crippen molar-refractivity contribution < 1.29 is 0 Å². The fourth-order valence-corrected chi connectivity index (χ4v) is 1.85. The molecule has 0 saturated carbocycles. The molecule has 0 aliphatic rings. The molecular weight excluding hydrogens is 224 g/mol. The van der Waals surface area contributed by atoms with Crippen LogP contribution in [-0.2, 0) is 13.5 Å². The summed E-state index contributed by atoms with van der Waals surface area (Å²) in [5, 5.41) is 4.89. The van der Waals surface area contributed by atoms with Crippen molar-refractivity contribution in [3.8, 4) is 0 Å². The summed E-state index contributed by atoms with van der Waals surface area (Å²) >= 11 is 6.02. The van der Waals surface area contributed by atoms with Crippen molar-refractivity contribution in [2.24, 2.45) is 12.8 Å². The third-order valence-electron chi connectivity index (χ3n) is 2.40. The fourth-order valence-electron chi connectivity index (χ4n) is 1.59. The molecule has 0 radical (unpaired) electrons. The van der Waals surface area contributed by atoms with E-state index in [-0.39, 0.29) is 6.04 Å². The first kappa shape index (κ1) is 11.1. The van der Waals surface area contributed by atoms with Crippen molar-refractivity contribution in [2.45, 2.75) is 12.5 Å². The summed E-state index contributed by atoms with van der Waals surface area (Å²) in [6.45, 7) is 0. The Kier molecular flexibility index (Phi) is 3.22. The normalized spacial score (nSPS) is 12.7. The van der Waals surface area contributed by atoms with Gasteiger partial charge in [-0.25, -0.2) is 0 Å². The zero-order valence-electron chi connectivity index (χ0n) is 8.97. The number of nitrogens with zero attached hydrogens (tertiary/aromatic N) is 3. The first-order valence-corrected chi connectivity index (χ1v) is 5.38. The molecule has 84 valence electrons. The van der Waals surface area contributed by atoms with Crippen LogP contribution in [0.2, 0.25) is 5.02 Å². The molecule has 0 amide bonds. The van der Waals surface area contributed by atoms with Gasteiger partial charge in [0.05, 0.1) is 10.7 Å². The lowest BCUT2D eigenvalue weighted by Crippen LogP contribution is -2.14. The SMILES string of the molecule is Cn1ccc(CC(N)c2ccncc2Cl)n1. The van der Waals surface area contributed by atoms with Crippen molar-refractivity contribution in [2.75, 3.05) is 0 Å². The van der Waals surface area contributed by atoms with E-state index in [4.69, 9.17) is 17.3 Å². The van der Waals surface area contributed by atoms with Crippen molar-refractivity contribution in [1.82, 2.24) is 14.8 Å². The van der Waals surface area contributed by atoms with Crippen LogP contribution >= 0.6 is 11.6 Å². The first-order valence-electron chi connectivity index (χ1n) is 5.00. The highest BCUT2D eigenvalue weighted by Crippen LogP contribution is 2.22. The van der Waals surface area contributed by atoms with Crippen LogP contribution in [0, 0.1) is 0 Å². The number of hydrogen-bond donors (Lipinski definition) is 1. The van der Waals surface area contributed by atoms with E-state index in [1.807, 2.05) is 25.4 Å². The molecule has 2 rings (SSSR count). The second-order valence-corrected chi connectivity index (χ2v) is 4.10. The summed E-state index contributed by atoms with van der Waals surface area (Å²) in [4.78, 5) is 3.93. The van der Waals surface area contributed by atoms with Gasteiger partial charge in [-0.15, -0.1) is 0 Å². The molecule has 0 saturated heterocycles. The number of aryl methyl sites for hydroxylation is 1. The zero-order chi connectivity index (χ0) is 11.5. The van der Waals surface area contributed by atoms with Gasteiger partial charge in [-0.05, 0) is 17.7 Å². The lowest BCUT2D eigenvalue weighted by molar-refractivity contribution is 0.674. The molecule has 2 aromatic heterocycles. The predicted octanol–water partition coefficient (Wildman–Crippen LogP) is 1.71. The van der Waals surface area contributed by atoms with Crippen LogP contribution < -0.4 is 5.73 Å². The van der Waals surface area contributed by atoms with Crippen molar-refractivity contribution >= 4 is 11.6 Å². The maximum absolute atomic E-state index is 6.08. The molecule has 4 nitrogen and oxygen atoms in total. The Morgan fingerprint density at radius 1 is 1.50 bits per heavy atom. The molecule has 0 aliphatic heterocycles. The molecule has 16 heavy (non-hydrogen) atoms. The van der Waals surface area contributed by atoms with Gasteiger partial charge in [0.25, 0.3) is 0 Å². The number of nitrogens with two attached hydrogens (primary N) is 1. The Hall–Kier alpha value is -1.39. The van der Waals surface area contributed by atoms with Gasteiger partial charge in [-0.2, -0.15) is 5.10 Å². The molecule has 0 bridgehead atoms. The second kappa shape index (κ2) is 4.63. The average molecular weight is 237 g/mol. The Balaban J connectivity index is 2.14. The number of pyridine rings is 1. The van der Waals surface area contributed by atoms with Gasteiger partial charge >= 0.3 is 0 Å². The van der Waals surface area contributed by atoms with Gasteiger partial charge in [-0.3, -0.25) is 9.67 Å². The van der Waals surface area contributed by atoms with Crippen LogP contribution in [0.3, 0.4) is 0 Å². The molecule has 1 atom stereocenters. The molecule has 0 fully saturated rings. The van der Waals surface area contributed by atoms with Crippen LogP contribution in [0.15, 0.2) is 30.7 Å². The highest BCUT2D eigenvalue weighted by atomic mass is 35.5. The molecule has 2 aromatic rings. The fraction of sp³-hybridized carbons (Fsp3) is 0.273. The van der Waals surface area contributed by atoms with Crippen molar-refractivity contribution in [1.29, 1.82) is 0 Å². The summed E-state index contributed by atoms with van der Waals surface area (Å²) in [6.07, 6.45) is 5.87. The average Bonchev–Trinajstić information content (AvgIpc) is 2.64. The van der Waals surface area contributed by atoms with Gasteiger partial charge in [0, 0.05) is 38.1 Å². The van der Waals surface area contributed by atoms with Crippen LogP contribution in [0.25, 0.3) is 0 Å². The molecule has 0 aliphatic carbocycles. The lowest BCUT2D eigenvalue weighted by Gasteiger charge is -2.11. The van der Waals surface area contributed by atoms with Crippen molar-refractivity contribution in [3.63, 3.8) is 0 Å². The highest BCUT2D eigenvalue weighted by molar-refractivity contribution is 6.31. The third kappa shape index (κ3) is 2.40. The molecule has 1 unspecified atom stereocenters. The van der Waals surface area contributed by atoms with Crippen molar-refractivity contribution in [3.05, 3.63) is 47.0 Å². The monoisotopic (exact) mass is 236 g/mol. The Morgan fingerprint density at radius 2 is 2.31 bits per heavy atom. The molecular formula is C11H13ClN4. The minimum absolute atomic E-state index is 0.148. The summed E-state index contributed by atoms with van der Waals surface area (Å²) in [7, 11) is 1.88. The Bertz CT molecular complexity index is 480. The summed E-state index contributed by atoms with van der Waals surface area (Å²) in [6, 6.07) is 3.65. The topological polar surface area (TPSA) is 56.7 Å². The van der Waals surface area contributed by atoms with Gasteiger partial charge < -0.3 is 5.73 Å². The molecule has 5 heteroatoms.